The van der Waals surface area contributed by atoms with Gasteiger partial charge in [-0.05, 0) is 35.9 Å². The predicted molar refractivity (Wildman–Crippen MR) is 108 cm³/mol. The summed E-state index contributed by atoms with van der Waals surface area (Å²) >= 11 is 0. The lowest BCUT2D eigenvalue weighted by molar-refractivity contribution is -0.384. The maximum Gasteiger partial charge on any atom is 0.346 e. The van der Waals surface area contributed by atoms with Crippen molar-refractivity contribution in [3.8, 4) is 11.6 Å². The summed E-state index contributed by atoms with van der Waals surface area (Å²) < 4.78 is 12.4. The highest BCUT2D eigenvalue weighted by atomic mass is 16.6. The average molecular weight is 404 g/mol. The zero-order chi connectivity index (χ0) is 21.1. The van der Waals surface area contributed by atoms with Crippen LogP contribution in [0.3, 0.4) is 0 Å². The van der Waals surface area contributed by atoms with Gasteiger partial charge in [-0.2, -0.15) is 0 Å². The van der Waals surface area contributed by atoms with E-state index in [1.54, 1.807) is 53.3 Å². The van der Waals surface area contributed by atoms with Crippen molar-refractivity contribution < 1.29 is 19.2 Å². The Bertz CT molecular complexity index is 1240. The Morgan fingerprint density at radius 2 is 2.03 bits per heavy atom. The molecule has 0 saturated heterocycles. The lowest BCUT2D eigenvalue weighted by Crippen LogP contribution is -2.10. The molecule has 0 N–H and O–H groups in total. The molecule has 0 amide bonds. The van der Waals surface area contributed by atoms with Gasteiger partial charge >= 0.3 is 5.97 Å². The second kappa shape index (κ2) is 8.00. The lowest BCUT2D eigenvalue weighted by Gasteiger charge is -2.04. The van der Waals surface area contributed by atoms with Crippen LogP contribution in [0.15, 0.2) is 67.0 Å². The van der Waals surface area contributed by atoms with Gasteiger partial charge in [0.05, 0.1) is 35.0 Å². The highest BCUT2D eigenvalue weighted by Gasteiger charge is 2.18. The maximum absolute atomic E-state index is 12.5. The number of benzene rings is 2. The third kappa shape index (κ3) is 3.81. The first kappa shape index (κ1) is 19.1. The van der Waals surface area contributed by atoms with E-state index in [0.29, 0.717) is 27.8 Å². The van der Waals surface area contributed by atoms with E-state index in [2.05, 4.69) is 10.1 Å². The first-order chi connectivity index (χ1) is 14.5. The number of hydrogen-bond donors (Lipinski definition) is 0. The molecule has 0 aliphatic carbocycles. The van der Waals surface area contributed by atoms with Crippen molar-refractivity contribution >= 4 is 22.6 Å². The molecule has 4 aromatic rings. The van der Waals surface area contributed by atoms with Gasteiger partial charge in [-0.3, -0.25) is 19.8 Å². The van der Waals surface area contributed by atoms with E-state index in [0.717, 1.165) is 0 Å². The van der Waals surface area contributed by atoms with Crippen LogP contribution in [0, 0.1) is 10.1 Å². The zero-order valence-corrected chi connectivity index (χ0v) is 15.9. The molecule has 0 bridgehead atoms. The molecule has 2 aromatic heterocycles. The number of fused-ring (bicyclic) bond motifs is 1. The van der Waals surface area contributed by atoms with Crippen LogP contribution in [-0.2, 0) is 6.54 Å². The molecule has 2 aromatic carbocycles. The van der Waals surface area contributed by atoms with Crippen molar-refractivity contribution in [3.63, 3.8) is 0 Å². The number of carbonyl (C=O) groups is 1. The number of aromatic nitrogens is 3. The predicted octanol–water partition coefficient (Wildman–Crippen LogP) is 3.62. The average Bonchev–Trinajstić information content (AvgIpc) is 3.10. The number of hydrogen-bond acceptors (Lipinski definition) is 7. The number of methoxy groups -OCH3 is 1. The Hall–Kier alpha value is -4.27. The van der Waals surface area contributed by atoms with Crippen molar-refractivity contribution in [2.75, 3.05) is 7.11 Å². The van der Waals surface area contributed by atoms with E-state index in [9.17, 15) is 14.9 Å². The smallest absolute Gasteiger partial charge is 0.346 e. The Labute approximate surface area is 170 Å². The van der Waals surface area contributed by atoms with E-state index < -0.39 is 10.9 Å². The molecule has 0 aliphatic rings. The summed E-state index contributed by atoms with van der Waals surface area (Å²) in [6.45, 7) is 0.259. The molecule has 9 nitrogen and oxygen atoms in total. The van der Waals surface area contributed by atoms with Crippen LogP contribution in [0.25, 0.3) is 10.9 Å². The molecular formula is C21H16N4O5. The Morgan fingerprint density at radius 1 is 1.17 bits per heavy atom. The van der Waals surface area contributed by atoms with Gasteiger partial charge < -0.3 is 9.47 Å². The summed E-state index contributed by atoms with van der Waals surface area (Å²) in [5.41, 5.74) is 1.67. The molecule has 2 heterocycles. The number of ether oxygens (including phenoxy) is 2. The molecule has 0 aliphatic heterocycles. The van der Waals surface area contributed by atoms with Gasteiger partial charge in [-0.1, -0.05) is 12.1 Å². The van der Waals surface area contributed by atoms with Crippen molar-refractivity contribution in [2.24, 2.45) is 0 Å². The lowest BCUT2D eigenvalue weighted by atomic mass is 10.2. The monoisotopic (exact) mass is 404 g/mol. The van der Waals surface area contributed by atoms with Crippen LogP contribution in [-0.4, -0.2) is 32.8 Å². The van der Waals surface area contributed by atoms with Crippen LogP contribution in [0.5, 0.6) is 11.6 Å². The van der Waals surface area contributed by atoms with Crippen LogP contribution in [0.2, 0.25) is 0 Å². The van der Waals surface area contributed by atoms with Crippen molar-refractivity contribution in [1.29, 1.82) is 0 Å². The number of carbonyl (C=O) groups excluding carboxylic acids is 1. The molecule has 0 atom stereocenters. The van der Waals surface area contributed by atoms with E-state index in [1.165, 1.54) is 25.4 Å². The molecule has 0 fully saturated rings. The number of esters is 1. The first-order valence-electron chi connectivity index (χ1n) is 8.95. The minimum absolute atomic E-state index is 0.00569. The molecule has 0 radical (unpaired) electrons. The van der Waals surface area contributed by atoms with Crippen LogP contribution < -0.4 is 9.47 Å². The maximum atomic E-state index is 12.5. The third-order valence-corrected chi connectivity index (χ3v) is 4.46. The Balaban J connectivity index is 1.73. The molecule has 150 valence electrons. The fraction of sp³-hybridized carbons (Fsp3) is 0.0952. The van der Waals surface area contributed by atoms with E-state index in [4.69, 9.17) is 9.47 Å². The molecule has 0 spiro atoms. The van der Waals surface area contributed by atoms with Gasteiger partial charge in [-0.15, -0.1) is 5.10 Å². The molecule has 9 heteroatoms. The summed E-state index contributed by atoms with van der Waals surface area (Å²) in [6.07, 6.45) is 2.97. The Morgan fingerprint density at radius 3 is 2.77 bits per heavy atom. The quantitative estimate of drug-likeness (QED) is 0.274. The minimum atomic E-state index is -0.590. The first-order valence-corrected chi connectivity index (χ1v) is 8.95. The normalized spacial score (nSPS) is 10.7. The van der Waals surface area contributed by atoms with Gasteiger partial charge in [0.15, 0.2) is 0 Å². The summed E-state index contributed by atoms with van der Waals surface area (Å²) in [5, 5.41) is 16.1. The van der Waals surface area contributed by atoms with Crippen molar-refractivity contribution in [1.82, 2.24) is 14.8 Å². The van der Waals surface area contributed by atoms with Gasteiger partial charge in [0.25, 0.3) is 5.69 Å². The molecule has 0 unspecified atom stereocenters. The number of non-ortho nitro benzene ring substituents is 1. The minimum Gasteiger partial charge on any atom is -0.497 e. The Kier molecular flexibility index (Phi) is 5.08. The number of nitrogens with zero attached hydrogens (tertiary/aromatic N) is 4. The highest BCUT2D eigenvalue weighted by Crippen LogP contribution is 2.30. The third-order valence-electron chi connectivity index (χ3n) is 4.46. The van der Waals surface area contributed by atoms with Crippen molar-refractivity contribution in [3.05, 3.63) is 88.2 Å². The van der Waals surface area contributed by atoms with E-state index >= 15 is 0 Å². The fourth-order valence-corrected chi connectivity index (χ4v) is 3.02. The van der Waals surface area contributed by atoms with Crippen LogP contribution in [0.4, 0.5) is 5.69 Å². The molecular weight excluding hydrogens is 388 g/mol. The van der Waals surface area contributed by atoms with Crippen LogP contribution >= 0.6 is 0 Å². The van der Waals surface area contributed by atoms with Gasteiger partial charge in [0, 0.05) is 24.5 Å². The summed E-state index contributed by atoms with van der Waals surface area (Å²) in [5.74, 6) is 0.104. The van der Waals surface area contributed by atoms with Gasteiger partial charge in [0.2, 0.25) is 5.88 Å². The van der Waals surface area contributed by atoms with E-state index in [-0.39, 0.29) is 18.1 Å². The number of rotatable bonds is 6. The van der Waals surface area contributed by atoms with Gasteiger partial charge in [-0.25, -0.2) is 4.79 Å². The molecule has 0 saturated carbocycles. The topological polar surface area (TPSA) is 109 Å². The summed E-state index contributed by atoms with van der Waals surface area (Å²) in [7, 11) is 1.54. The van der Waals surface area contributed by atoms with Gasteiger partial charge in [0.1, 0.15) is 5.75 Å². The highest BCUT2D eigenvalue weighted by molar-refractivity contribution is 5.94. The molecule has 4 rings (SSSR count). The standard InChI is InChI=1S/C21H16N4O5/c1-29-17-7-8-19-18(11-17)20(30-21(26)15-5-3-9-22-12-15)23-24(19)13-14-4-2-6-16(10-14)25(27)28/h2-12H,13H2,1H3. The largest absolute Gasteiger partial charge is 0.497 e. The fourth-order valence-electron chi connectivity index (χ4n) is 3.02. The second-order valence-electron chi connectivity index (χ2n) is 6.40. The summed E-state index contributed by atoms with van der Waals surface area (Å²) in [4.78, 5) is 27.0. The number of nitro benzene ring substituents is 1. The van der Waals surface area contributed by atoms with Crippen LogP contribution in [0.1, 0.15) is 15.9 Å². The number of pyridine rings is 1. The summed E-state index contributed by atoms with van der Waals surface area (Å²) in [6, 6.07) is 14.8. The zero-order valence-electron chi connectivity index (χ0n) is 15.9. The van der Waals surface area contributed by atoms with Crippen molar-refractivity contribution in [2.45, 2.75) is 6.54 Å². The second-order valence-corrected chi connectivity index (χ2v) is 6.40. The van der Waals surface area contributed by atoms with E-state index in [1.807, 2.05) is 0 Å². The number of nitro groups is 1. The molecule has 30 heavy (non-hydrogen) atoms. The SMILES string of the molecule is COc1ccc2c(c1)c(OC(=O)c1cccnc1)nn2Cc1cccc([N+](=O)[O-])c1.